The maximum atomic E-state index is 12.8. The van der Waals surface area contributed by atoms with E-state index in [9.17, 15) is 14.4 Å². The molecule has 0 radical (unpaired) electrons. The van der Waals surface area contributed by atoms with Crippen molar-refractivity contribution in [3.05, 3.63) is 60.5 Å². The van der Waals surface area contributed by atoms with Crippen molar-refractivity contribution in [3.8, 4) is 0 Å². The Kier molecular flexibility index (Phi) is 5.30. The Morgan fingerprint density at radius 2 is 2.00 bits per heavy atom. The van der Waals surface area contributed by atoms with E-state index in [0.717, 1.165) is 6.08 Å². The van der Waals surface area contributed by atoms with Gasteiger partial charge in [-0.15, -0.1) is 0 Å². The zero-order valence-corrected chi connectivity index (χ0v) is 16.2. The molecule has 0 bridgehead atoms. The maximum absolute atomic E-state index is 12.8. The van der Waals surface area contributed by atoms with Crippen molar-refractivity contribution < 1.29 is 23.5 Å². The van der Waals surface area contributed by atoms with Crippen molar-refractivity contribution in [2.24, 2.45) is 0 Å². The Balaban J connectivity index is 1.42. The van der Waals surface area contributed by atoms with Crippen LogP contribution in [-0.2, 0) is 19.1 Å². The van der Waals surface area contributed by atoms with Crippen molar-refractivity contribution in [1.29, 1.82) is 0 Å². The molecule has 152 valence electrons. The molecule has 1 aliphatic rings. The highest BCUT2D eigenvalue weighted by atomic mass is 16.5. The van der Waals surface area contributed by atoms with Crippen LogP contribution in [-0.4, -0.2) is 35.4 Å². The molecular weight excluding hydrogens is 386 g/mol. The first-order chi connectivity index (χ1) is 14.5. The van der Waals surface area contributed by atoms with Crippen LogP contribution in [0.1, 0.15) is 19.2 Å². The summed E-state index contributed by atoms with van der Waals surface area (Å²) in [5.74, 6) is -1.03. The van der Waals surface area contributed by atoms with Crippen LogP contribution in [0.5, 0.6) is 0 Å². The quantitative estimate of drug-likeness (QED) is 0.529. The predicted octanol–water partition coefficient (Wildman–Crippen LogP) is 3.15. The van der Waals surface area contributed by atoms with E-state index in [1.54, 1.807) is 43.3 Å². The van der Waals surface area contributed by atoms with E-state index in [4.69, 9.17) is 9.15 Å². The highest BCUT2D eigenvalue weighted by Gasteiger charge is 2.29. The van der Waals surface area contributed by atoms with E-state index in [2.05, 4.69) is 10.3 Å². The lowest BCUT2D eigenvalue weighted by molar-refractivity contribution is -0.143. The largest absolute Gasteiger partial charge is 0.452 e. The third kappa shape index (κ3) is 4.07. The number of nitrogens with one attached hydrogen (secondary N) is 1. The van der Waals surface area contributed by atoms with Gasteiger partial charge in [0.05, 0.1) is 11.4 Å². The van der Waals surface area contributed by atoms with E-state index >= 15 is 0 Å². The highest BCUT2D eigenvalue weighted by molar-refractivity contribution is 6.05. The third-order valence-electron chi connectivity index (χ3n) is 4.64. The molecule has 1 atom stereocenters. The molecule has 3 aromatic rings. The molecule has 8 heteroatoms. The molecule has 2 aromatic carbocycles. The van der Waals surface area contributed by atoms with Crippen molar-refractivity contribution in [1.82, 2.24) is 4.98 Å². The Morgan fingerprint density at radius 1 is 1.23 bits per heavy atom. The second kappa shape index (κ2) is 8.20. The molecule has 30 heavy (non-hydrogen) atoms. The van der Waals surface area contributed by atoms with Gasteiger partial charge in [0, 0.05) is 24.6 Å². The predicted molar refractivity (Wildman–Crippen MR) is 111 cm³/mol. The number of fused-ring (bicyclic) bond motifs is 2. The standard InChI is InChI=1S/C22H19N3O5/c1-14-12-19(26)23-15-6-2-4-8-17(15)25(14)21(27)13-29-22(28)11-10-20-24-16-7-3-5-9-18(16)30-20/h2-11,14H,12-13H2,1H3,(H,23,26)/b11-10+/t14-/m1/s1. The van der Waals surface area contributed by atoms with Gasteiger partial charge in [-0.25, -0.2) is 9.78 Å². The van der Waals surface area contributed by atoms with Crippen LogP contribution in [0.4, 0.5) is 11.4 Å². The number of benzene rings is 2. The summed E-state index contributed by atoms with van der Waals surface area (Å²) in [6.07, 6.45) is 2.69. The number of aromatic nitrogens is 1. The Morgan fingerprint density at radius 3 is 2.83 bits per heavy atom. The molecule has 1 aliphatic heterocycles. The van der Waals surface area contributed by atoms with Gasteiger partial charge in [-0.05, 0) is 31.2 Å². The lowest BCUT2D eigenvalue weighted by atomic mass is 10.1. The zero-order valence-electron chi connectivity index (χ0n) is 16.2. The van der Waals surface area contributed by atoms with Crippen LogP contribution in [0, 0.1) is 0 Å². The maximum Gasteiger partial charge on any atom is 0.331 e. The van der Waals surface area contributed by atoms with Gasteiger partial charge in [0.15, 0.2) is 12.2 Å². The second-order valence-electron chi connectivity index (χ2n) is 6.84. The van der Waals surface area contributed by atoms with Gasteiger partial charge in [0.25, 0.3) is 5.91 Å². The van der Waals surface area contributed by atoms with Crippen LogP contribution >= 0.6 is 0 Å². The van der Waals surface area contributed by atoms with Gasteiger partial charge >= 0.3 is 5.97 Å². The molecule has 0 saturated carbocycles. The molecule has 0 unspecified atom stereocenters. The lowest BCUT2D eigenvalue weighted by Gasteiger charge is -2.27. The smallest absolute Gasteiger partial charge is 0.331 e. The average molecular weight is 405 g/mol. The number of anilines is 2. The first-order valence-corrected chi connectivity index (χ1v) is 9.42. The fourth-order valence-corrected chi connectivity index (χ4v) is 3.32. The monoisotopic (exact) mass is 405 g/mol. The van der Waals surface area contributed by atoms with E-state index in [1.165, 1.54) is 11.0 Å². The summed E-state index contributed by atoms with van der Waals surface area (Å²) in [6, 6.07) is 13.9. The fourth-order valence-electron chi connectivity index (χ4n) is 3.32. The molecule has 0 spiro atoms. The number of nitrogens with zero attached hydrogens (tertiary/aromatic N) is 2. The Hall–Kier alpha value is -3.94. The number of oxazole rings is 1. The molecule has 1 N–H and O–H groups in total. The van der Waals surface area contributed by atoms with Gasteiger partial charge in [-0.2, -0.15) is 0 Å². The SMILES string of the molecule is C[C@@H]1CC(=O)Nc2ccccc2N1C(=O)COC(=O)/C=C/c1nc2ccccc2o1. The number of amides is 2. The fraction of sp³-hybridized carbons (Fsp3) is 0.182. The van der Waals surface area contributed by atoms with E-state index in [-0.39, 0.29) is 24.3 Å². The molecule has 0 fully saturated rings. The zero-order chi connectivity index (χ0) is 21.1. The number of carbonyl (C=O) groups excluding carboxylic acids is 3. The molecule has 2 heterocycles. The number of para-hydroxylation sites is 4. The summed E-state index contributed by atoms with van der Waals surface area (Å²) < 4.78 is 10.6. The summed E-state index contributed by atoms with van der Waals surface area (Å²) in [6.45, 7) is 1.32. The van der Waals surface area contributed by atoms with Crippen LogP contribution in [0.15, 0.2) is 59.0 Å². The number of hydrogen-bond acceptors (Lipinski definition) is 6. The summed E-state index contributed by atoms with van der Waals surface area (Å²) in [5, 5.41) is 2.78. The van der Waals surface area contributed by atoms with Crippen LogP contribution in [0.25, 0.3) is 17.2 Å². The summed E-state index contributed by atoms with van der Waals surface area (Å²) in [7, 11) is 0. The minimum Gasteiger partial charge on any atom is -0.452 e. The van der Waals surface area contributed by atoms with Crippen molar-refractivity contribution >= 4 is 46.3 Å². The molecule has 2 amide bonds. The molecule has 0 aliphatic carbocycles. The van der Waals surface area contributed by atoms with Gasteiger partial charge in [0.1, 0.15) is 5.52 Å². The van der Waals surface area contributed by atoms with Crippen molar-refractivity contribution in [2.75, 3.05) is 16.8 Å². The van der Waals surface area contributed by atoms with E-state index in [1.807, 2.05) is 12.1 Å². The molecule has 8 nitrogen and oxygen atoms in total. The highest BCUT2D eigenvalue weighted by Crippen LogP contribution is 2.31. The van der Waals surface area contributed by atoms with Crippen LogP contribution in [0.3, 0.4) is 0 Å². The number of esters is 1. The van der Waals surface area contributed by atoms with Gasteiger partial charge < -0.3 is 19.4 Å². The van der Waals surface area contributed by atoms with E-state index < -0.39 is 18.5 Å². The Bertz CT molecular complexity index is 1120. The summed E-state index contributed by atoms with van der Waals surface area (Å²) in [5.41, 5.74) is 2.40. The van der Waals surface area contributed by atoms with Crippen molar-refractivity contribution in [3.63, 3.8) is 0 Å². The van der Waals surface area contributed by atoms with Gasteiger partial charge in [-0.3, -0.25) is 9.59 Å². The number of rotatable bonds is 4. The minimum absolute atomic E-state index is 0.145. The van der Waals surface area contributed by atoms with Crippen LogP contribution < -0.4 is 10.2 Å². The first-order valence-electron chi connectivity index (χ1n) is 9.42. The number of carbonyl (C=O) groups is 3. The topological polar surface area (TPSA) is 102 Å². The average Bonchev–Trinajstić information content (AvgIpc) is 3.09. The lowest BCUT2D eigenvalue weighted by Crippen LogP contribution is -2.41. The summed E-state index contributed by atoms with van der Waals surface area (Å²) in [4.78, 5) is 42.6. The van der Waals surface area contributed by atoms with Crippen molar-refractivity contribution in [2.45, 2.75) is 19.4 Å². The number of hydrogen-bond donors (Lipinski definition) is 1. The van der Waals surface area contributed by atoms with Gasteiger partial charge in [0.2, 0.25) is 11.8 Å². The minimum atomic E-state index is -0.699. The third-order valence-corrected chi connectivity index (χ3v) is 4.64. The Labute approximate surface area is 172 Å². The summed E-state index contributed by atoms with van der Waals surface area (Å²) >= 11 is 0. The normalized spacial score (nSPS) is 16.2. The van der Waals surface area contributed by atoms with Crippen LogP contribution in [0.2, 0.25) is 0 Å². The second-order valence-corrected chi connectivity index (χ2v) is 6.84. The molecule has 4 rings (SSSR count). The van der Waals surface area contributed by atoms with E-state index in [0.29, 0.717) is 22.5 Å². The molecule has 1 aromatic heterocycles. The number of ether oxygens (including phenoxy) is 1. The molecule has 0 saturated heterocycles. The van der Waals surface area contributed by atoms with Gasteiger partial charge in [-0.1, -0.05) is 24.3 Å². The molecular formula is C22H19N3O5. The first kappa shape index (κ1) is 19.4.